The Bertz CT molecular complexity index is 674. The predicted octanol–water partition coefficient (Wildman–Crippen LogP) is 2.24. The van der Waals surface area contributed by atoms with Crippen molar-refractivity contribution in [3.63, 3.8) is 0 Å². The van der Waals surface area contributed by atoms with Crippen LogP contribution in [0.2, 0.25) is 0 Å². The maximum atomic E-state index is 12.8. The molecule has 5 heteroatoms. The number of carbonyl (C=O) groups excluding carboxylic acids is 1. The third-order valence-electron chi connectivity index (χ3n) is 6.30. The highest BCUT2D eigenvalue weighted by Crippen LogP contribution is 2.57. The van der Waals surface area contributed by atoms with Crippen LogP contribution in [0.3, 0.4) is 0 Å². The Labute approximate surface area is 142 Å². The van der Waals surface area contributed by atoms with E-state index in [0.717, 1.165) is 37.2 Å². The van der Waals surface area contributed by atoms with E-state index < -0.39 is 0 Å². The fraction of sp³-hybridized carbons (Fsp3) is 0.632. The number of hydrogen-bond donors (Lipinski definition) is 1. The molecule has 1 saturated carbocycles. The summed E-state index contributed by atoms with van der Waals surface area (Å²) in [6.45, 7) is 0.00793. The zero-order valence-corrected chi connectivity index (χ0v) is 14.4. The number of amides is 1. The number of ether oxygens (including phenoxy) is 2. The first-order chi connectivity index (χ1) is 11.7. The molecule has 1 aliphatic carbocycles. The Hall–Kier alpha value is -1.75. The third kappa shape index (κ3) is 1.94. The second kappa shape index (κ2) is 5.66. The van der Waals surface area contributed by atoms with Crippen LogP contribution in [0.4, 0.5) is 0 Å². The lowest BCUT2D eigenvalue weighted by atomic mass is 9.68. The van der Waals surface area contributed by atoms with Gasteiger partial charge in [-0.25, -0.2) is 0 Å². The van der Waals surface area contributed by atoms with Crippen LogP contribution in [-0.2, 0) is 16.8 Å². The van der Waals surface area contributed by atoms with Gasteiger partial charge in [-0.15, -0.1) is 0 Å². The molecule has 1 aromatic rings. The lowest BCUT2D eigenvalue weighted by Crippen LogP contribution is -2.63. The van der Waals surface area contributed by atoms with Gasteiger partial charge in [-0.05, 0) is 54.9 Å². The molecule has 130 valence electrons. The number of methoxy groups -OCH3 is 2. The molecule has 4 rings (SSSR count). The van der Waals surface area contributed by atoms with Crippen molar-refractivity contribution in [2.24, 2.45) is 5.92 Å². The molecule has 5 nitrogen and oxygen atoms in total. The summed E-state index contributed by atoms with van der Waals surface area (Å²) < 4.78 is 11.0. The Kier molecular flexibility index (Phi) is 3.71. The Morgan fingerprint density at radius 2 is 2.00 bits per heavy atom. The van der Waals surface area contributed by atoms with Crippen molar-refractivity contribution < 1.29 is 19.4 Å². The molecule has 0 bridgehead atoms. The number of benzene rings is 1. The number of rotatable bonds is 3. The fourth-order valence-electron chi connectivity index (χ4n) is 5.40. The lowest BCUT2D eigenvalue weighted by Gasteiger charge is -2.56. The first-order valence-electron chi connectivity index (χ1n) is 8.84. The average Bonchev–Trinajstić information content (AvgIpc) is 3.03. The second-order valence-electron chi connectivity index (χ2n) is 7.22. The molecule has 1 saturated heterocycles. The fourth-order valence-corrected chi connectivity index (χ4v) is 5.40. The summed E-state index contributed by atoms with van der Waals surface area (Å²) in [5.41, 5.74) is 2.13. The number of aliphatic hydroxyl groups excluding tert-OH is 1. The summed E-state index contributed by atoms with van der Waals surface area (Å²) in [6.07, 6.45) is 5.47. The van der Waals surface area contributed by atoms with Crippen LogP contribution in [0.1, 0.15) is 43.2 Å². The van der Waals surface area contributed by atoms with Gasteiger partial charge in [0.05, 0.1) is 32.4 Å². The van der Waals surface area contributed by atoms with Crippen LogP contribution < -0.4 is 9.47 Å². The van der Waals surface area contributed by atoms with E-state index in [2.05, 4.69) is 6.07 Å². The number of nitrogens with zero attached hydrogens (tertiary/aromatic N) is 1. The molecular formula is C19H25NO4. The molecule has 1 amide bonds. The van der Waals surface area contributed by atoms with Crippen molar-refractivity contribution in [3.05, 3.63) is 23.3 Å². The van der Waals surface area contributed by atoms with Crippen molar-refractivity contribution in [1.82, 2.24) is 4.90 Å². The highest BCUT2D eigenvalue weighted by atomic mass is 16.5. The zero-order valence-electron chi connectivity index (χ0n) is 14.4. The lowest BCUT2D eigenvalue weighted by molar-refractivity contribution is -0.154. The van der Waals surface area contributed by atoms with Gasteiger partial charge in [-0.2, -0.15) is 0 Å². The van der Waals surface area contributed by atoms with Crippen molar-refractivity contribution in [3.8, 4) is 11.5 Å². The predicted molar refractivity (Wildman–Crippen MR) is 89.2 cm³/mol. The zero-order chi connectivity index (χ0) is 16.9. The maximum absolute atomic E-state index is 12.8. The van der Waals surface area contributed by atoms with E-state index in [-0.39, 0.29) is 24.1 Å². The van der Waals surface area contributed by atoms with Gasteiger partial charge < -0.3 is 19.5 Å². The number of carbonyl (C=O) groups is 1. The van der Waals surface area contributed by atoms with E-state index in [0.29, 0.717) is 18.8 Å². The second-order valence-corrected chi connectivity index (χ2v) is 7.22. The van der Waals surface area contributed by atoms with Crippen LogP contribution in [0.25, 0.3) is 0 Å². The van der Waals surface area contributed by atoms with E-state index in [1.807, 2.05) is 11.0 Å². The number of hydrogen-bond acceptors (Lipinski definition) is 4. The van der Waals surface area contributed by atoms with Gasteiger partial charge in [0.2, 0.25) is 5.91 Å². The van der Waals surface area contributed by atoms with E-state index >= 15 is 0 Å². The summed E-state index contributed by atoms with van der Waals surface area (Å²) in [4.78, 5) is 14.8. The Morgan fingerprint density at radius 3 is 2.71 bits per heavy atom. The minimum Gasteiger partial charge on any atom is -0.493 e. The summed E-state index contributed by atoms with van der Waals surface area (Å²) in [7, 11) is 3.29. The first-order valence-corrected chi connectivity index (χ1v) is 8.84. The smallest absolute Gasteiger partial charge is 0.223 e. The molecule has 0 radical (unpaired) electrons. The molecular weight excluding hydrogens is 306 g/mol. The van der Waals surface area contributed by atoms with Crippen molar-refractivity contribution in [1.29, 1.82) is 0 Å². The summed E-state index contributed by atoms with van der Waals surface area (Å²) in [5, 5.41) is 9.97. The van der Waals surface area contributed by atoms with Crippen molar-refractivity contribution >= 4 is 5.91 Å². The first kappa shape index (κ1) is 15.8. The molecule has 0 unspecified atom stereocenters. The highest BCUT2D eigenvalue weighted by Gasteiger charge is 2.57. The van der Waals surface area contributed by atoms with Gasteiger partial charge in [0, 0.05) is 6.42 Å². The topological polar surface area (TPSA) is 59.0 Å². The normalized spacial score (nSPS) is 31.3. The SMILES string of the molecule is COc1cc2c(cc1OC)[C@]13CCC[C@H]1CCC(=O)N3[C@H](CO)C2. The van der Waals surface area contributed by atoms with Crippen LogP contribution >= 0.6 is 0 Å². The standard InChI is InChI=1S/C19H25NO4/c1-23-16-9-12-8-14(11-21)20-18(22)6-5-13-4-3-7-19(13,20)15(12)10-17(16)24-2/h9-10,13-14,21H,3-8,11H2,1-2H3/t13-,14-,19-/m0/s1. The monoisotopic (exact) mass is 331 g/mol. The third-order valence-corrected chi connectivity index (χ3v) is 6.30. The molecule has 1 spiro atoms. The molecule has 0 aromatic heterocycles. The van der Waals surface area contributed by atoms with E-state index in [1.54, 1.807) is 14.2 Å². The minimum atomic E-state index is -0.268. The van der Waals surface area contributed by atoms with Crippen LogP contribution in [0, 0.1) is 5.92 Å². The molecule has 1 N–H and O–H groups in total. The Morgan fingerprint density at radius 1 is 1.25 bits per heavy atom. The molecule has 24 heavy (non-hydrogen) atoms. The van der Waals surface area contributed by atoms with E-state index in [4.69, 9.17) is 9.47 Å². The van der Waals surface area contributed by atoms with E-state index in [1.165, 1.54) is 11.1 Å². The average molecular weight is 331 g/mol. The summed E-state index contributed by atoms with van der Waals surface area (Å²) >= 11 is 0. The quantitative estimate of drug-likeness (QED) is 0.923. The van der Waals surface area contributed by atoms with Crippen molar-refractivity contribution in [2.45, 2.75) is 50.1 Å². The minimum absolute atomic E-state index is 0.00793. The number of piperidine rings is 1. The molecule has 2 fully saturated rings. The maximum Gasteiger partial charge on any atom is 0.223 e. The van der Waals surface area contributed by atoms with E-state index in [9.17, 15) is 9.90 Å². The number of aliphatic hydroxyl groups is 1. The number of fused-ring (bicyclic) bond motifs is 1. The molecule has 2 aliphatic heterocycles. The van der Waals surface area contributed by atoms with Crippen LogP contribution in [0.5, 0.6) is 11.5 Å². The van der Waals surface area contributed by atoms with Gasteiger partial charge in [0.15, 0.2) is 11.5 Å². The Balaban J connectivity index is 1.95. The van der Waals surface area contributed by atoms with Gasteiger partial charge in [0.1, 0.15) is 0 Å². The van der Waals surface area contributed by atoms with Crippen LogP contribution in [0.15, 0.2) is 12.1 Å². The summed E-state index contributed by atoms with van der Waals surface area (Å²) in [6, 6.07) is 3.98. The molecule has 2 heterocycles. The van der Waals surface area contributed by atoms with Crippen LogP contribution in [-0.4, -0.2) is 42.8 Å². The molecule has 1 aromatic carbocycles. The molecule has 3 aliphatic rings. The highest BCUT2D eigenvalue weighted by molar-refractivity contribution is 5.80. The van der Waals surface area contributed by atoms with Gasteiger partial charge in [0.25, 0.3) is 0 Å². The van der Waals surface area contributed by atoms with Gasteiger partial charge >= 0.3 is 0 Å². The van der Waals surface area contributed by atoms with Crippen molar-refractivity contribution in [2.75, 3.05) is 20.8 Å². The van der Waals surface area contributed by atoms with Gasteiger partial charge in [-0.3, -0.25) is 4.79 Å². The van der Waals surface area contributed by atoms with Gasteiger partial charge in [-0.1, -0.05) is 6.42 Å². The largest absolute Gasteiger partial charge is 0.493 e. The summed E-state index contributed by atoms with van der Waals surface area (Å²) in [5.74, 6) is 2.10. The molecule has 3 atom stereocenters.